The summed E-state index contributed by atoms with van der Waals surface area (Å²) in [5.74, 6) is 0.554. The monoisotopic (exact) mass is 189 g/mol. The van der Waals surface area contributed by atoms with Crippen molar-refractivity contribution in [2.24, 2.45) is 5.92 Å². The molecule has 0 heterocycles. The molecule has 0 amide bonds. The van der Waals surface area contributed by atoms with Crippen LogP contribution in [0.5, 0.6) is 0 Å². The van der Waals surface area contributed by atoms with Crippen LogP contribution in [-0.2, 0) is 0 Å². The molecule has 0 aromatic carbocycles. The zero-order valence-electron chi connectivity index (χ0n) is 7.39. The van der Waals surface area contributed by atoms with Gasteiger partial charge >= 0.3 is 0 Å². The van der Waals surface area contributed by atoms with E-state index in [4.69, 9.17) is 11.6 Å². The normalized spacial score (nSPS) is 21.1. The standard InChI is InChI=1S/C9H16ClNO/c1-7(4-10)5-11-6-9(12)8-2-3-8/h4,8-9,11-12H,2-3,5-6H2,1H3. The first kappa shape index (κ1) is 10.0. The maximum atomic E-state index is 9.46. The van der Waals surface area contributed by atoms with E-state index in [0.29, 0.717) is 12.5 Å². The fraction of sp³-hybridized carbons (Fsp3) is 0.778. The van der Waals surface area contributed by atoms with Crippen molar-refractivity contribution < 1.29 is 5.11 Å². The summed E-state index contributed by atoms with van der Waals surface area (Å²) >= 11 is 5.48. The summed E-state index contributed by atoms with van der Waals surface area (Å²) in [6.45, 7) is 3.42. The molecule has 12 heavy (non-hydrogen) atoms. The van der Waals surface area contributed by atoms with Gasteiger partial charge in [-0.05, 0) is 31.3 Å². The fourth-order valence-corrected chi connectivity index (χ4v) is 1.18. The van der Waals surface area contributed by atoms with E-state index in [1.54, 1.807) is 5.54 Å². The Morgan fingerprint density at radius 3 is 2.92 bits per heavy atom. The summed E-state index contributed by atoms with van der Waals surface area (Å²) < 4.78 is 0. The molecule has 1 aliphatic carbocycles. The summed E-state index contributed by atoms with van der Waals surface area (Å²) in [6, 6.07) is 0. The minimum atomic E-state index is -0.159. The molecular weight excluding hydrogens is 174 g/mol. The third-order valence-corrected chi connectivity index (χ3v) is 2.48. The molecule has 0 aromatic rings. The molecular formula is C9H16ClNO. The molecule has 0 aliphatic heterocycles. The second-order valence-electron chi connectivity index (χ2n) is 3.49. The maximum Gasteiger partial charge on any atom is 0.0692 e. The largest absolute Gasteiger partial charge is 0.392 e. The van der Waals surface area contributed by atoms with Crippen LogP contribution in [0.1, 0.15) is 19.8 Å². The van der Waals surface area contributed by atoms with Crippen molar-refractivity contribution in [1.29, 1.82) is 0 Å². The van der Waals surface area contributed by atoms with E-state index in [-0.39, 0.29) is 6.10 Å². The molecule has 2 nitrogen and oxygen atoms in total. The number of hydrogen-bond acceptors (Lipinski definition) is 2. The van der Waals surface area contributed by atoms with Gasteiger partial charge in [-0.3, -0.25) is 0 Å². The quantitative estimate of drug-likeness (QED) is 0.687. The molecule has 3 heteroatoms. The van der Waals surface area contributed by atoms with Crippen molar-refractivity contribution >= 4 is 11.6 Å². The Hall–Kier alpha value is -0.0500. The average molecular weight is 190 g/mol. The van der Waals surface area contributed by atoms with Crippen molar-refractivity contribution in [2.45, 2.75) is 25.9 Å². The number of nitrogens with one attached hydrogen (secondary N) is 1. The Kier molecular flexibility index (Phi) is 4.06. The van der Waals surface area contributed by atoms with Crippen molar-refractivity contribution in [2.75, 3.05) is 13.1 Å². The van der Waals surface area contributed by atoms with Gasteiger partial charge in [0.15, 0.2) is 0 Å². The first-order valence-electron chi connectivity index (χ1n) is 4.38. The van der Waals surface area contributed by atoms with Crippen LogP contribution < -0.4 is 5.32 Å². The lowest BCUT2D eigenvalue weighted by molar-refractivity contribution is 0.150. The van der Waals surface area contributed by atoms with Crippen LogP contribution in [0.15, 0.2) is 11.1 Å². The maximum absolute atomic E-state index is 9.46. The summed E-state index contributed by atoms with van der Waals surface area (Å²) in [5, 5.41) is 12.6. The van der Waals surface area contributed by atoms with Gasteiger partial charge in [-0.2, -0.15) is 0 Å². The first-order chi connectivity index (χ1) is 5.74. The predicted molar refractivity (Wildman–Crippen MR) is 51.2 cm³/mol. The van der Waals surface area contributed by atoms with E-state index < -0.39 is 0 Å². The van der Waals surface area contributed by atoms with Crippen LogP contribution in [0.2, 0.25) is 0 Å². The summed E-state index contributed by atoms with van der Waals surface area (Å²) in [5.41, 5.74) is 2.66. The van der Waals surface area contributed by atoms with Crippen LogP contribution in [0.3, 0.4) is 0 Å². The highest BCUT2D eigenvalue weighted by Crippen LogP contribution is 2.32. The van der Waals surface area contributed by atoms with Gasteiger partial charge in [-0.15, -0.1) is 0 Å². The van der Waals surface area contributed by atoms with Crippen LogP contribution in [0, 0.1) is 5.92 Å². The molecule has 0 bridgehead atoms. The Morgan fingerprint density at radius 2 is 2.42 bits per heavy atom. The van der Waals surface area contributed by atoms with E-state index in [9.17, 15) is 5.11 Å². The molecule has 0 saturated heterocycles. The van der Waals surface area contributed by atoms with Gasteiger partial charge in [-0.1, -0.05) is 11.6 Å². The number of aliphatic hydroxyl groups is 1. The van der Waals surface area contributed by atoms with Gasteiger partial charge in [0.05, 0.1) is 6.10 Å². The lowest BCUT2D eigenvalue weighted by atomic mass is 10.2. The van der Waals surface area contributed by atoms with E-state index in [0.717, 1.165) is 12.1 Å². The van der Waals surface area contributed by atoms with E-state index in [1.165, 1.54) is 12.8 Å². The summed E-state index contributed by atoms with van der Waals surface area (Å²) in [6.07, 6.45) is 2.22. The second-order valence-corrected chi connectivity index (χ2v) is 3.71. The molecule has 1 fully saturated rings. The van der Waals surface area contributed by atoms with Gasteiger partial charge in [0, 0.05) is 18.6 Å². The zero-order valence-corrected chi connectivity index (χ0v) is 8.14. The van der Waals surface area contributed by atoms with Crippen molar-refractivity contribution in [3.63, 3.8) is 0 Å². The van der Waals surface area contributed by atoms with Crippen molar-refractivity contribution in [3.05, 3.63) is 11.1 Å². The molecule has 1 aliphatic rings. The highest BCUT2D eigenvalue weighted by atomic mass is 35.5. The summed E-state index contributed by atoms with van der Waals surface area (Å²) in [7, 11) is 0. The molecule has 0 radical (unpaired) electrons. The van der Waals surface area contributed by atoms with Gasteiger partial charge in [-0.25, -0.2) is 0 Å². The average Bonchev–Trinajstić information content (AvgIpc) is 2.86. The van der Waals surface area contributed by atoms with Gasteiger partial charge in [0.2, 0.25) is 0 Å². The molecule has 1 atom stereocenters. The van der Waals surface area contributed by atoms with Crippen LogP contribution in [-0.4, -0.2) is 24.3 Å². The van der Waals surface area contributed by atoms with Gasteiger partial charge in [0.1, 0.15) is 0 Å². The molecule has 1 rings (SSSR count). The fourth-order valence-electron chi connectivity index (χ4n) is 1.10. The Bertz CT molecular complexity index is 166. The minimum absolute atomic E-state index is 0.159. The minimum Gasteiger partial charge on any atom is -0.392 e. The highest BCUT2D eigenvalue weighted by molar-refractivity contribution is 6.25. The SMILES string of the molecule is CC(=CCl)CNCC(O)C1CC1. The van der Waals surface area contributed by atoms with Crippen LogP contribution in [0.25, 0.3) is 0 Å². The Balaban J connectivity index is 2.01. The first-order valence-corrected chi connectivity index (χ1v) is 4.82. The second kappa shape index (κ2) is 4.85. The van der Waals surface area contributed by atoms with Crippen LogP contribution in [0.4, 0.5) is 0 Å². The molecule has 1 saturated carbocycles. The highest BCUT2D eigenvalue weighted by Gasteiger charge is 2.28. The summed E-state index contributed by atoms with van der Waals surface area (Å²) in [4.78, 5) is 0. The molecule has 70 valence electrons. The number of hydrogen-bond donors (Lipinski definition) is 2. The van der Waals surface area contributed by atoms with Crippen LogP contribution >= 0.6 is 11.6 Å². The van der Waals surface area contributed by atoms with E-state index in [2.05, 4.69) is 5.32 Å². The van der Waals surface area contributed by atoms with E-state index >= 15 is 0 Å². The van der Waals surface area contributed by atoms with Crippen molar-refractivity contribution in [3.8, 4) is 0 Å². The van der Waals surface area contributed by atoms with Crippen molar-refractivity contribution in [1.82, 2.24) is 5.32 Å². The van der Waals surface area contributed by atoms with Gasteiger partial charge in [0.25, 0.3) is 0 Å². The Labute approximate surface area is 78.6 Å². The van der Waals surface area contributed by atoms with Gasteiger partial charge < -0.3 is 10.4 Å². The molecule has 1 unspecified atom stereocenters. The Morgan fingerprint density at radius 1 is 1.75 bits per heavy atom. The number of rotatable bonds is 5. The molecule has 0 spiro atoms. The number of halogens is 1. The predicted octanol–water partition coefficient (Wildman–Crippen LogP) is 1.49. The molecule has 0 aromatic heterocycles. The third kappa shape index (κ3) is 3.57. The molecule has 2 N–H and O–H groups in total. The van der Waals surface area contributed by atoms with E-state index in [1.807, 2.05) is 6.92 Å². The zero-order chi connectivity index (χ0) is 8.97. The lowest BCUT2D eigenvalue weighted by Gasteiger charge is -2.09. The lowest BCUT2D eigenvalue weighted by Crippen LogP contribution is -2.29. The third-order valence-electron chi connectivity index (χ3n) is 2.11. The number of aliphatic hydroxyl groups excluding tert-OH is 1. The topological polar surface area (TPSA) is 32.3 Å². The smallest absolute Gasteiger partial charge is 0.0692 e.